The maximum atomic E-state index is 13.3. The van der Waals surface area contributed by atoms with Crippen LogP contribution >= 0.6 is 0 Å². The molecular formula is C18H20N4O4S. The Morgan fingerprint density at radius 2 is 1.70 bits per heavy atom. The molecule has 3 heterocycles. The number of aromatic nitrogens is 3. The summed E-state index contributed by atoms with van der Waals surface area (Å²) in [6.45, 7) is 5.57. The second-order valence-electron chi connectivity index (χ2n) is 6.78. The molecule has 8 nitrogen and oxygen atoms in total. The number of benzene rings is 1. The van der Waals surface area contributed by atoms with Gasteiger partial charge in [-0.1, -0.05) is 40.6 Å². The summed E-state index contributed by atoms with van der Waals surface area (Å²) in [6.07, 6.45) is 0. The Labute approximate surface area is 157 Å². The third kappa shape index (κ3) is 3.06. The Balaban J connectivity index is 1.74. The summed E-state index contributed by atoms with van der Waals surface area (Å²) >= 11 is 0. The normalized spacial score (nSPS) is 21.0. The van der Waals surface area contributed by atoms with Crippen molar-refractivity contribution in [2.75, 3.05) is 13.1 Å². The highest BCUT2D eigenvalue weighted by Crippen LogP contribution is 2.41. The molecule has 3 aromatic rings. The SMILES string of the molecule is Cc1noc([C@H]2CN(S(=O)(=O)c3c(C)noc3C)C[C@H]2c2ccccc2)n1. The third-order valence-electron chi connectivity index (χ3n) is 4.94. The number of aryl methyl sites for hydroxylation is 3. The number of sulfonamides is 1. The summed E-state index contributed by atoms with van der Waals surface area (Å²) < 4.78 is 38.4. The number of hydrogen-bond acceptors (Lipinski definition) is 7. The molecule has 27 heavy (non-hydrogen) atoms. The minimum Gasteiger partial charge on any atom is -0.360 e. The molecule has 2 atom stereocenters. The fourth-order valence-electron chi connectivity index (χ4n) is 3.69. The molecule has 4 rings (SSSR count). The molecule has 9 heteroatoms. The first-order valence-corrected chi connectivity index (χ1v) is 10.1. The van der Waals surface area contributed by atoms with Crippen molar-refractivity contribution in [1.29, 1.82) is 0 Å². The standard InChI is InChI=1S/C18H20N4O4S/c1-11-17(12(2)25-20-11)27(23,24)22-9-15(14-7-5-4-6-8-14)16(10-22)18-19-13(3)21-26-18/h4-8,15-16H,9-10H2,1-3H3/t15-,16-/m0/s1. The van der Waals surface area contributed by atoms with Gasteiger partial charge in [0.1, 0.15) is 10.6 Å². The summed E-state index contributed by atoms with van der Waals surface area (Å²) in [5.74, 6) is 0.979. The van der Waals surface area contributed by atoms with Crippen LogP contribution in [0.4, 0.5) is 0 Å². The molecule has 1 fully saturated rings. The van der Waals surface area contributed by atoms with Gasteiger partial charge < -0.3 is 9.05 Å². The average Bonchev–Trinajstić information content (AvgIpc) is 3.34. The van der Waals surface area contributed by atoms with Gasteiger partial charge in [0, 0.05) is 19.0 Å². The van der Waals surface area contributed by atoms with E-state index in [9.17, 15) is 8.42 Å². The molecule has 1 aliphatic heterocycles. The molecule has 1 saturated heterocycles. The van der Waals surface area contributed by atoms with Gasteiger partial charge in [0.15, 0.2) is 11.6 Å². The van der Waals surface area contributed by atoms with E-state index in [0.717, 1.165) is 5.56 Å². The first-order chi connectivity index (χ1) is 12.9. The van der Waals surface area contributed by atoms with Crippen LogP contribution in [0.5, 0.6) is 0 Å². The van der Waals surface area contributed by atoms with E-state index in [1.165, 1.54) is 4.31 Å². The molecule has 1 aromatic carbocycles. The van der Waals surface area contributed by atoms with Crippen molar-refractivity contribution in [3.63, 3.8) is 0 Å². The predicted octanol–water partition coefficient (Wildman–Crippen LogP) is 2.55. The fraction of sp³-hybridized carbons (Fsp3) is 0.389. The number of rotatable bonds is 4. The Kier molecular flexibility index (Phi) is 4.35. The molecule has 0 bridgehead atoms. The molecule has 2 aromatic heterocycles. The Bertz CT molecular complexity index is 1040. The summed E-state index contributed by atoms with van der Waals surface area (Å²) in [4.78, 5) is 4.49. The topological polar surface area (TPSA) is 102 Å². The van der Waals surface area contributed by atoms with E-state index in [0.29, 0.717) is 29.7 Å². The zero-order valence-corrected chi connectivity index (χ0v) is 16.1. The fourth-order valence-corrected chi connectivity index (χ4v) is 5.47. The molecule has 1 aliphatic rings. The molecule has 0 aliphatic carbocycles. The van der Waals surface area contributed by atoms with E-state index in [-0.39, 0.29) is 23.3 Å². The third-order valence-corrected chi connectivity index (χ3v) is 7.02. The minimum atomic E-state index is -3.74. The smallest absolute Gasteiger partial charge is 0.248 e. The molecule has 142 valence electrons. The van der Waals surface area contributed by atoms with Crippen molar-refractivity contribution < 1.29 is 17.5 Å². The Morgan fingerprint density at radius 3 is 2.30 bits per heavy atom. The lowest BCUT2D eigenvalue weighted by molar-refractivity contribution is 0.345. The van der Waals surface area contributed by atoms with Gasteiger partial charge in [0.05, 0.1) is 5.92 Å². The quantitative estimate of drug-likeness (QED) is 0.677. The van der Waals surface area contributed by atoms with E-state index < -0.39 is 10.0 Å². The molecule has 0 amide bonds. The minimum absolute atomic E-state index is 0.0821. The maximum Gasteiger partial charge on any atom is 0.248 e. The van der Waals surface area contributed by atoms with Gasteiger partial charge in [-0.3, -0.25) is 0 Å². The van der Waals surface area contributed by atoms with Crippen LogP contribution in [0.1, 0.15) is 40.6 Å². The van der Waals surface area contributed by atoms with E-state index in [1.807, 2.05) is 30.3 Å². The second-order valence-corrected chi connectivity index (χ2v) is 8.65. The van der Waals surface area contributed by atoms with Gasteiger partial charge >= 0.3 is 0 Å². The molecule has 0 N–H and O–H groups in total. The van der Waals surface area contributed by atoms with Crippen molar-refractivity contribution in [3.05, 3.63) is 59.1 Å². The van der Waals surface area contributed by atoms with Crippen molar-refractivity contribution in [1.82, 2.24) is 19.6 Å². The highest BCUT2D eigenvalue weighted by atomic mass is 32.2. The first kappa shape index (κ1) is 17.9. The lowest BCUT2D eigenvalue weighted by Gasteiger charge is -2.16. The first-order valence-electron chi connectivity index (χ1n) is 8.66. The van der Waals surface area contributed by atoms with Crippen LogP contribution in [0.15, 0.2) is 44.3 Å². The monoisotopic (exact) mass is 388 g/mol. The van der Waals surface area contributed by atoms with Crippen LogP contribution in [0.2, 0.25) is 0 Å². The highest BCUT2D eigenvalue weighted by Gasteiger charge is 2.44. The van der Waals surface area contributed by atoms with Crippen LogP contribution in [0.3, 0.4) is 0 Å². The number of nitrogens with zero attached hydrogens (tertiary/aromatic N) is 4. The molecule has 0 radical (unpaired) electrons. The van der Waals surface area contributed by atoms with Crippen LogP contribution in [0.25, 0.3) is 0 Å². The van der Waals surface area contributed by atoms with Crippen molar-refractivity contribution >= 4 is 10.0 Å². The van der Waals surface area contributed by atoms with Gasteiger partial charge in [-0.05, 0) is 26.3 Å². The average molecular weight is 388 g/mol. The van der Waals surface area contributed by atoms with Gasteiger partial charge in [-0.25, -0.2) is 8.42 Å². The van der Waals surface area contributed by atoms with Gasteiger partial charge in [-0.2, -0.15) is 9.29 Å². The maximum absolute atomic E-state index is 13.3. The summed E-state index contributed by atoms with van der Waals surface area (Å²) in [5, 5.41) is 7.67. The zero-order chi connectivity index (χ0) is 19.2. The summed E-state index contributed by atoms with van der Waals surface area (Å²) in [5.41, 5.74) is 1.40. The summed E-state index contributed by atoms with van der Waals surface area (Å²) in [7, 11) is -3.74. The van der Waals surface area contributed by atoms with E-state index in [2.05, 4.69) is 15.3 Å². The van der Waals surface area contributed by atoms with E-state index >= 15 is 0 Å². The Morgan fingerprint density at radius 1 is 1.00 bits per heavy atom. The van der Waals surface area contributed by atoms with Gasteiger partial charge in [0.2, 0.25) is 15.9 Å². The molecular weight excluding hydrogens is 368 g/mol. The van der Waals surface area contributed by atoms with Crippen LogP contribution in [0, 0.1) is 20.8 Å². The van der Waals surface area contributed by atoms with Crippen LogP contribution in [-0.4, -0.2) is 41.1 Å². The Hall–Kier alpha value is -2.52. The lowest BCUT2D eigenvalue weighted by Crippen LogP contribution is -2.29. The lowest BCUT2D eigenvalue weighted by atomic mass is 9.89. The predicted molar refractivity (Wildman–Crippen MR) is 95.7 cm³/mol. The van der Waals surface area contributed by atoms with Gasteiger partial charge in [0.25, 0.3) is 0 Å². The highest BCUT2D eigenvalue weighted by molar-refractivity contribution is 7.89. The van der Waals surface area contributed by atoms with Crippen molar-refractivity contribution in [2.24, 2.45) is 0 Å². The van der Waals surface area contributed by atoms with Gasteiger partial charge in [-0.15, -0.1) is 0 Å². The molecule has 0 saturated carbocycles. The van der Waals surface area contributed by atoms with E-state index in [4.69, 9.17) is 9.05 Å². The summed E-state index contributed by atoms with van der Waals surface area (Å²) in [6, 6.07) is 9.80. The zero-order valence-electron chi connectivity index (χ0n) is 15.3. The van der Waals surface area contributed by atoms with E-state index in [1.54, 1.807) is 20.8 Å². The molecule has 0 unspecified atom stereocenters. The largest absolute Gasteiger partial charge is 0.360 e. The van der Waals surface area contributed by atoms with Crippen LogP contribution < -0.4 is 0 Å². The number of hydrogen-bond donors (Lipinski definition) is 0. The second kappa shape index (κ2) is 6.58. The van der Waals surface area contributed by atoms with Crippen molar-refractivity contribution in [3.8, 4) is 0 Å². The molecule has 0 spiro atoms. The van der Waals surface area contributed by atoms with Crippen molar-refractivity contribution in [2.45, 2.75) is 37.5 Å². The van der Waals surface area contributed by atoms with Crippen LogP contribution in [-0.2, 0) is 10.0 Å².